The normalized spacial score (nSPS) is 18.4. The molecule has 3 aromatic rings. The highest BCUT2D eigenvalue weighted by Crippen LogP contribution is 2.37. The molecule has 0 aliphatic heterocycles. The second kappa shape index (κ2) is 10.5. The number of carbonyl (C=O) groups excluding carboxylic acids is 1. The second-order valence-corrected chi connectivity index (χ2v) is 9.36. The monoisotopic (exact) mass is 468 g/mol. The van der Waals surface area contributed by atoms with Crippen molar-refractivity contribution < 1.29 is 4.79 Å². The first kappa shape index (κ1) is 23.5. The molecule has 0 bridgehead atoms. The van der Waals surface area contributed by atoms with Crippen molar-refractivity contribution in [1.29, 1.82) is 0 Å². The van der Waals surface area contributed by atoms with Crippen LogP contribution in [0.5, 0.6) is 0 Å². The van der Waals surface area contributed by atoms with E-state index in [0.717, 1.165) is 62.6 Å². The predicted octanol–water partition coefficient (Wildman–Crippen LogP) is 5.61. The zero-order chi connectivity index (χ0) is 23.4. The maximum Gasteiger partial charge on any atom is 0.228 e. The Morgan fingerprint density at radius 3 is 2.76 bits per heavy atom. The lowest BCUT2D eigenvalue weighted by Crippen LogP contribution is -2.28. The van der Waals surface area contributed by atoms with Crippen LogP contribution in [0.3, 0.4) is 0 Å². The van der Waals surface area contributed by atoms with E-state index in [1.165, 1.54) is 11.4 Å². The summed E-state index contributed by atoms with van der Waals surface area (Å²) in [5.74, 6) is 0.880. The highest BCUT2D eigenvalue weighted by Gasteiger charge is 2.30. The van der Waals surface area contributed by atoms with Gasteiger partial charge in [-0.3, -0.25) is 14.2 Å². The molecule has 1 N–H and O–H groups in total. The van der Waals surface area contributed by atoms with Gasteiger partial charge < -0.3 is 5.32 Å². The fourth-order valence-corrected chi connectivity index (χ4v) is 5.17. The minimum Gasteiger partial charge on any atom is -0.310 e. The number of aryl methyl sites for hydroxylation is 2. The fourth-order valence-electron chi connectivity index (χ4n) is 4.96. The van der Waals surface area contributed by atoms with Gasteiger partial charge >= 0.3 is 0 Å². The van der Waals surface area contributed by atoms with Crippen LogP contribution >= 0.6 is 11.6 Å². The van der Waals surface area contributed by atoms with Crippen LogP contribution < -0.4 is 5.32 Å². The Bertz CT molecular complexity index is 1100. The SMILES string of the molecule is CCCc1c(-c2cc(NC(=O)[C@@H]3CCC[C@H](c4ccnn4C)C3)ncc2Cl)cnn1CCC. The molecule has 0 aromatic carbocycles. The van der Waals surface area contributed by atoms with Crippen molar-refractivity contribution in [2.24, 2.45) is 13.0 Å². The van der Waals surface area contributed by atoms with Crippen LogP contribution in [0.15, 0.2) is 30.7 Å². The van der Waals surface area contributed by atoms with Gasteiger partial charge in [-0.2, -0.15) is 10.2 Å². The molecular weight excluding hydrogens is 436 g/mol. The van der Waals surface area contributed by atoms with Crippen molar-refractivity contribution >= 4 is 23.3 Å². The number of pyridine rings is 1. The fraction of sp³-hybridized carbons (Fsp3) is 0.520. The summed E-state index contributed by atoms with van der Waals surface area (Å²) in [6, 6.07) is 3.94. The highest BCUT2D eigenvalue weighted by atomic mass is 35.5. The minimum atomic E-state index is -0.0393. The average Bonchev–Trinajstić information content (AvgIpc) is 3.42. The van der Waals surface area contributed by atoms with Gasteiger partial charge in [0.2, 0.25) is 5.91 Å². The lowest BCUT2D eigenvalue weighted by Gasteiger charge is -2.28. The van der Waals surface area contributed by atoms with Crippen LogP contribution in [0, 0.1) is 5.92 Å². The number of rotatable bonds is 8. The molecule has 1 saturated carbocycles. The molecule has 7 nitrogen and oxygen atoms in total. The molecule has 1 fully saturated rings. The average molecular weight is 469 g/mol. The zero-order valence-electron chi connectivity index (χ0n) is 19.7. The van der Waals surface area contributed by atoms with Gasteiger partial charge in [-0.25, -0.2) is 4.98 Å². The Balaban J connectivity index is 1.52. The van der Waals surface area contributed by atoms with E-state index in [1.54, 1.807) is 6.20 Å². The molecule has 1 amide bonds. The van der Waals surface area contributed by atoms with Crippen molar-refractivity contribution in [2.45, 2.75) is 71.3 Å². The molecule has 3 aromatic heterocycles. The predicted molar refractivity (Wildman–Crippen MR) is 131 cm³/mol. The quantitative estimate of drug-likeness (QED) is 0.466. The molecule has 176 valence electrons. The Morgan fingerprint density at radius 1 is 1.18 bits per heavy atom. The van der Waals surface area contributed by atoms with E-state index < -0.39 is 0 Å². The Morgan fingerprint density at radius 2 is 2.03 bits per heavy atom. The summed E-state index contributed by atoms with van der Waals surface area (Å²) in [7, 11) is 1.97. The number of nitrogens with one attached hydrogen (secondary N) is 1. The number of hydrogen-bond donors (Lipinski definition) is 1. The van der Waals surface area contributed by atoms with E-state index in [1.807, 2.05) is 30.2 Å². The molecule has 1 aliphatic carbocycles. The summed E-state index contributed by atoms with van der Waals surface area (Å²) in [5, 5.41) is 12.5. The summed E-state index contributed by atoms with van der Waals surface area (Å²) >= 11 is 6.54. The van der Waals surface area contributed by atoms with E-state index >= 15 is 0 Å². The number of hydrogen-bond acceptors (Lipinski definition) is 4. The Kier molecular flexibility index (Phi) is 7.48. The summed E-state index contributed by atoms with van der Waals surface area (Å²) in [6.07, 6.45) is 12.1. The van der Waals surface area contributed by atoms with Gasteiger partial charge in [0, 0.05) is 60.3 Å². The van der Waals surface area contributed by atoms with Crippen molar-refractivity contribution in [2.75, 3.05) is 5.32 Å². The molecule has 2 atom stereocenters. The summed E-state index contributed by atoms with van der Waals surface area (Å²) < 4.78 is 3.99. The lowest BCUT2D eigenvalue weighted by atomic mass is 9.79. The largest absolute Gasteiger partial charge is 0.310 e. The molecule has 0 saturated heterocycles. The Labute approximate surface area is 200 Å². The maximum atomic E-state index is 13.1. The number of halogens is 1. The molecule has 3 heterocycles. The van der Waals surface area contributed by atoms with Crippen LogP contribution in [-0.4, -0.2) is 30.5 Å². The third kappa shape index (κ3) is 5.13. The first-order valence-corrected chi connectivity index (χ1v) is 12.4. The van der Waals surface area contributed by atoms with Crippen molar-refractivity contribution in [3.05, 3.63) is 47.1 Å². The third-order valence-electron chi connectivity index (χ3n) is 6.59. The highest BCUT2D eigenvalue weighted by molar-refractivity contribution is 6.33. The van der Waals surface area contributed by atoms with E-state index in [2.05, 4.69) is 45.1 Å². The third-order valence-corrected chi connectivity index (χ3v) is 6.89. The molecule has 8 heteroatoms. The van der Waals surface area contributed by atoms with Crippen LogP contribution in [0.2, 0.25) is 5.02 Å². The number of amides is 1. The summed E-state index contributed by atoms with van der Waals surface area (Å²) in [5.41, 5.74) is 4.26. The van der Waals surface area contributed by atoms with Crippen molar-refractivity contribution in [3.8, 4) is 11.1 Å². The molecule has 0 radical (unpaired) electrons. The van der Waals surface area contributed by atoms with Crippen LogP contribution in [0.1, 0.15) is 69.7 Å². The van der Waals surface area contributed by atoms with Gasteiger partial charge in [-0.05, 0) is 44.2 Å². The number of carbonyl (C=O) groups is 1. The Hall–Kier alpha value is -2.67. The molecule has 33 heavy (non-hydrogen) atoms. The second-order valence-electron chi connectivity index (χ2n) is 8.96. The first-order valence-electron chi connectivity index (χ1n) is 12.0. The van der Waals surface area contributed by atoms with Gasteiger partial charge in [-0.15, -0.1) is 0 Å². The maximum absolute atomic E-state index is 13.1. The smallest absolute Gasteiger partial charge is 0.228 e. The van der Waals surface area contributed by atoms with Gasteiger partial charge in [0.05, 0.1) is 11.2 Å². The lowest BCUT2D eigenvalue weighted by molar-refractivity contribution is -0.121. The van der Waals surface area contributed by atoms with E-state index in [-0.39, 0.29) is 11.8 Å². The number of nitrogens with zero attached hydrogens (tertiary/aromatic N) is 5. The van der Waals surface area contributed by atoms with E-state index in [9.17, 15) is 4.79 Å². The summed E-state index contributed by atoms with van der Waals surface area (Å²) in [4.78, 5) is 17.5. The first-order chi connectivity index (χ1) is 16.0. The number of aromatic nitrogens is 5. The van der Waals surface area contributed by atoms with Gasteiger partial charge in [0.15, 0.2) is 0 Å². The molecular formula is C25H33ClN6O. The van der Waals surface area contributed by atoms with Gasteiger partial charge in [-0.1, -0.05) is 38.3 Å². The molecule has 1 aliphatic rings. The molecule has 0 spiro atoms. The summed E-state index contributed by atoms with van der Waals surface area (Å²) in [6.45, 7) is 5.19. The van der Waals surface area contributed by atoms with Crippen LogP contribution in [-0.2, 0) is 24.8 Å². The minimum absolute atomic E-state index is 0.0260. The standard InChI is InChI=1S/C25H33ClN6O/c1-4-7-23-20(15-29-32(23)12-5-2)19-14-24(27-16-21(19)26)30-25(33)18-9-6-8-17(13-18)22-10-11-28-31(22)3/h10-11,14-18H,4-9,12-13H2,1-3H3,(H,27,30,33)/t17-,18+/m0/s1. The zero-order valence-corrected chi connectivity index (χ0v) is 20.5. The van der Waals surface area contributed by atoms with Crippen molar-refractivity contribution in [3.63, 3.8) is 0 Å². The topological polar surface area (TPSA) is 77.6 Å². The van der Waals surface area contributed by atoms with Gasteiger partial charge in [0.1, 0.15) is 5.82 Å². The van der Waals surface area contributed by atoms with Gasteiger partial charge in [0.25, 0.3) is 0 Å². The molecule has 0 unspecified atom stereocenters. The van der Waals surface area contributed by atoms with E-state index in [0.29, 0.717) is 16.8 Å². The van der Waals surface area contributed by atoms with Crippen LogP contribution in [0.4, 0.5) is 5.82 Å². The number of anilines is 1. The van der Waals surface area contributed by atoms with E-state index in [4.69, 9.17) is 11.6 Å². The van der Waals surface area contributed by atoms with Crippen molar-refractivity contribution in [1.82, 2.24) is 24.5 Å². The van der Waals surface area contributed by atoms with Crippen LogP contribution in [0.25, 0.3) is 11.1 Å². The molecule has 4 rings (SSSR count).